The molecule has 0 aromatic carbocycles. The highest BCUT2D eigenvalue weighted by atomic mass is 35.5. The highest BCUT2D eigenvalue weighted by Crippen LogP contribution is 2.16. The number of aliphatic hydroxyl groups is 3. The number of hydrogen-bond donors (Lipinski definition) is 3. The standard InChI is InChI=1S/C9H12ClNO3/c10-4-8(13)9(14)7-3-6(5-12)1-2-11-7/h1-3,8-9,12-14H,4-5H2. The van der Waals surface area contributed by atoms with Gasteiger partial charge in [-0.25, -0.2) is 0 Å². The maximum atomic E-state index is 9.53. The van der Waals surface area contributed by atoms with Crippen molar-refractivity contribution in [3.05, 3.63) is 29.6 Å². The van der Waals surface area contributed by atoms with Crippen LogP contribution in [-0.2, 0) is 6.61 Å². The summed E-state index contributed by atoms with van der Waals surface area (Å²) in [4.78, 5) is 3.88. The zero-order chi connectivity index (χ0) is 10.6. The van der Waals surface area contributed by atoms with Crippen molar-refractivity contribution < 1.29 is 15.3 Å². The van der Waals surface area contributed by atoms with E-state index in [1.54, 1.807) is 6.07 Å². The van der Waals surface area contributed by atoms with Gasteiger partial charge in [-0.3, -0.25) is 4.98 Å². The first-order valence-corrected chi connectivity index (χ1v) is 4.70. The number of pyridine rings is 1. The molecule has 78 valence electrons. The number of halogens is 1. The van der Waals surface area contributed by atoms with E-state index in [1.165, 1.54) is 12.3 Å². The fourth-order valence-electron chi connectivity index (χ4n) is 1.04. The zero-order valence-electron chi connectivity index (χ0n) is 7.47. The minimum absolute atomic E-state index is 0.0633. The fourth-order valence-corrected chi connectivity index (χ4v) is 1.20. The smallest absolute Gasteiger partial charge is 0.123 e. The van der Waals surface area contributed by atoms with Crippen LogP contribution < -0.4 is 0 Å². The first-order valence-electron chi connectivity index (χ1n) is 4.16. The molecule has 0 fully saturated rings. The molecule has 14 heavy (non-hydrogen) atoms. The van der Waals surface area contributed by atoms with Crippen molar-refractivity contribution in [3.8, 4) is 0 Å². The quantitative estimate of drug-likeness (QED) is 0.631. The van der Waals surface area contributed by atoms with Crippen LogP contribution in [0.1, 0.15) is 17.4 Å². The third-order valence-corrected chi connectivity index (χ3v) is 2.17. The van der Waals surface area contributed by atoms with Gasteiger partial charge in [-0.2, -0.15) is 0 Å². The molecule has 1 rings (SSSR count). The lowest BCUT2D eigenvalue weighted by atomic mass is 10.1. The summed E-state index contributed by atoms with van der Waals surface area (Å²) >= 11 is 5.38. The minimum atomic E-state index is -1.11. The Bertz CT molecular complexity index is 295. The average molecular weight is 218 g/mol. The van der Waals surface area contributed by atoms with Crippen molar-refractivity contribution in [2.75, 3.05) is 5.88 Å². The second-order valence-corrected chi connectivity index (χ2v) is 3.22. The van der Waals surface area contributed by atoms with Gasteiger partial charge in [0.2, 0.25) is 0 Å². The lowest BCUT2D eigenvalue weighted by Gasteiger charge is -2.14. The number of alkyl halides is 1. The molecule has 0 saturated heterocycles. The van der Waals surface area contributed by atoms with Crippen LogP contribution in [0.3, 0.4) is 0 Å². The second kappa shape index (κ2) is 5.26. The molecular weight excluding hydrogens is 206 g/mol. The Labute approximate surface area is 86.8 Å². The van der Waals surface area contributed by atoms with Crippen LogP contribution in [0.15, 0.2) is 18.3 Å². The topological polar surface area (TPSA) is 73.6 Å². The van der Waals surface area contributed by atoms with Crippen molar-refractivity contribution in [2.24, 2.45) is 0 Å². The molecule has 2 unspecified atom stereocenters. The maximum absolute atomic E-state index is 9.53. The molecule has 0 amide bonds. The molecule has 0 aliphatic rings. The molecule has 0 saturated carbocycles. The van der Waals surface area contributed by atoms with Crippen LogP contribution in [0.25, 0.3) is 0 Å². The van der Waals surface area contributed by atoms with Gasteiger partial charge in [0.05, 0.1) is 24.3 Å². The summed E-state index contributed by atoms with van der Waals surface area (Å²) in [7, 11) is 0. The Balaban J connectivity index is 2.83. The van der Waals surface area contributed by atoms with E-state index < -0.39 is 12.2 Å². The molecule has 3 N–H and O–H groups in total. The molecule has 0 radical (unpaired) electrons. The molecule has 1 heterocycles. The third-order valence-electron chi connectivity index (χ3n) is 1.85. The van der Waals surface area contributed by atoms with Gasteiger partial charge in [-0.1, -0.05) is 0 Å². The summed E-state index contributed by atoms with van der Waals surface area (Å²) in [5, 5.41) is 27.6. The van der Waals surface area contributed by atoms with Gasteiger partial charge in [-0.05, 0) is 17.7 Å². The Morgan fingerprint density at radius 1 is 1.43 bits per heavy atom. The fraction of sp³-hybridized carbons (Fsp3) is 0.444. The van der Waals surface area contributed by atoms with Gasteiger partial charge in [0.15, 0.2) is 0 Å². The van der Waals surface area contributed by atoms with Crippen LogP contribution in [0.4, 0.5) is 0 Å². The van der Waals surface area contributed by atoms with E-state index >= 15 is 0 Å². The number of nitrogens with zero attached hydrogens (tertiary/aromatic N) is 1. The zero-order valence-corrected chi connectivity index (χ0v) is 8.22. The predicted octanol–water partition coefficient (Wildman–Crippen LogP) is 0.207. The molecule has 0 spiro atoms. The van der Waals surface area contributed by atoms with Crippen LogP contribution in [0.5, 0.6) is 0 Å². The molecule has 0 bridgehead atoms. The van der Waals surface area contributed by atoms with E-state index in [4.69, 9.17) is 16.7 Å². The van der Waals surface area contributed by atoms with Crippen LogP contribution in [0, 0.1) is 0 Å². The Hall–Kier alpha value is -0.680. The van der Waals surface area contributed by atoms with Crippen LogP contribution in [-0.4, -0.2) is 32.3 Å². The Kier molecular flexibility index (Phi) is 4.28. The van der Waals surface area contributed by atoms with Gasteiger partial charge in [0.25, 0.3) is 0 Å². The monoisotopic (exact) mass is 217 g/mol. The Morgan fingerprint density at radius 3 is 2.71 bits per heavy atom. The molecule has 5 heteroatoms. The predicted molar refractivity (Wildman–Crippen MR) is 51.8 cm³/mol. The summed E-state index contributed by atoms with van der Waals surface area (Å²) in [6, 6.07) is 3.16. The van der Waals surface area contributed by atoms with Crippen LogP contribution >= 0.6 is 11.6 Å². The number of aliphatic hydroxyl groups excluding tert-OH is 3. The third kappa shape index (κ3) is 2.65. The van der Waals surface area contributed by atoms with Gasteiger partial charge in [0, 0.05) is 6.20 Å². The highest BCUT2D eigenvalue weighted by molar-refractivity contribution is 6.18. The number of rotatable bonds is 4. The normalized spacial score (nSPS) is 15.1. The summed E-state index contributed by atoms with van der Waals surface area (Å²) in [5.74, 6) is -0.0633. The Morgan fingerprint density at radius 2 is 2.14 bits per heavy atom. The van der Waals surface area contributed by atoms with Gasteiger partial charge in [0.1, 0.15) is 6.10 Å². The van der Waals surface area contributed by atoms with E-state index in [-0.39, 0.29) is 12.5 Å². The molecule has 1 aromatic rings. The summed E-state index contributed by atoms with van der Waals surface area (Å²) in [5.41, 5.74) is 0.945. The van der Waals surface area contributed by atoms with Crippen molar-refractivity contribution >= 4 is 11.6 Å². The van der Waals surface area contributed by atoms with Crippen molar-refractivity contribution in [1.82, 2.24) is 4.98 Å². The largest absolute Gasteiger partial charge is 0.392 e. The van der Waals surface area contributed by atoms with Crippen molar-refractivity contribution in [3.63, 3.8) is 0 Å². The van der Waals surface area contributed by atoms with Crippen molar-refractivity contribution in [1.29, 1.82) is 0 Å². The van der Waals surface area contributed by atoms with E-state index in [2.05, 4.69) is 4.98 Å². The molecule has 2 atom stereocenters. The number of aromatic nitrogens is 1. The van der Waals surface area contributed by atoms with Crippen LogP contribution in [0.2, 0.25) is 0 Å². The van der Waals surface area contributed by atoms with Crippen molar-refractivity contribution in [2.45, 2.75) is 18.8 Å². The first kappa shape index (κ1) is 11.4. The number of hydrogen-bond acceptors (Lipinski definition) is 4. The first-order chi connectivity index (χ1) is 6.69. The van der Waals surface area contributed by atoms with E-state index in [0.29, 0.717) is 11.3 Å². The van der Waals surface area contributed by atoms with E-state index in [0.717, 1.165) is 0 Å². The van der Waals surface area contributed by atoms with Gasteiger partial charge in [-0.15, -0.1) is 11.6 Å². The van der Waals surface area contributed by atoms with Gasteiger partial charge >= 0.3 is 0 Å². The molecule has 0 aliphatic heterocycles. The minimum Gasteiger partial charge on any atom is -0.392 e. The summed E-state index contributed by atoms with van der Waals surface area (Å²) < 4.78 is 0. The van der Waals surface area contributed by atoms with E-state index in [9.17, 15) is 10.2 Å². The molecule has 1 aromatic heterocycles. The maximum Gasteiger partial charge on any atom is 0.123 e. The molecule has 0 aliphatic carbocycles. The molecular formula is C9H12ClNO3. The van der Waals surface area contributed by atoms with Gasteiger partial charge < -0.3 is 15.3 Å². The average Bonchev–Trinajstić information content (AvgIpc) is 2.27. The SMILES string of the molecule is OCc1ccnc(C(O)C(O)CCl)c1. The summed E-state index contributed by atoms with van der Waals surface area (Å²) in [6.45, 7) is -0.126. The summed E-state index contributed by atoms with van der Waals surface area (Å²) in [6.07, 6.45) is -0.692. The lowest BCUT2D eigenvalue weighted by molar-refractivity contribution is 0.0299. The van der Waals surface area contributed by atoms with E-state index in [1.807, 2.05) is 0 Å². The lowest BCUT2D eigenvalue weighted by Crippen LogP contribution is -2.20. The highest BCUT2D eigenvalue weighted by Gasteiger charge is 2.18. The second-order valence-electron chi connectivity index (χ2n) is 2.91. The molecule has 4 nitrogen and oxygen atoms in total.